The van der Waals surface area contributed by atoms with E-state index in [9.17, 15) is 18.0 Å². The van der Waals surface area contributed by atoms with E-state index < -0.39 is 23.7 Å². The molecule has 100 valence electrons. The summed E-state index contributed by atoms with van der Waals surface area (Å²) in [6.07, 6.45) is -4.19. The zero-order chi connectivity index (χ0) is 13.9. The average Bonchev–Trinajstić information content (AvgIpc) is 2.28. The molecule has 0 aromatic heterocycles. The van der Waals surface area contributed by atoms with Crippen LogP contribution in [0.25, 0.3) is 0 Å². The van der Waals surface area contributed by atoms with E-state index in [0.717, 1.165) is 6.07 Å². The number of rotatable bonds is 3. The fraction of sp³-hybridized carbons (Fsp3) is 0.364. The van der Waals surface area contributed by atoms with Crippen LogP contribution in [-0.2, 0) is 11.0 Å². The molecular formula is C11H12BrF3N2O. The van der Waals surface area contributed by atoms with Gasteiger partial charge < -0.3 is 11.1 Å². The van der Waals surface area contributed by atoms with Gasteiger partial charge in [-0.1, -0.05) is 22.9 Å². The van der Waals surface area contributed by atoms with Crippen molar-refractivity contribution in [3.63, 3.8) is 0 Å². The molecule has 0 bridgehead atoms. The lowest BCUT2D eigenvalue weighted by Crippen LogP contribution is -2.35. The first-order valence-corrected chi connectivity index (χ1v) is 5.98. The van der Waals surface area contributed by atoms with Crippen molar-refractivity contribution >= 4 is 27.5 Å². The third-order valence-electron chi connectivity index (χ3n) is 2.32. The number of nitrogens with two attached hydrogens (primary N) is 1. The normalized spacial score (nSPS) is 13.2. The molecule has 0 spiro atoms. The molecule has 0 aliphatic rings. The molecule has 1 aromatic rings. The minimum Gasteiger partial charge on any atom is -0.324 e. The van der Waals surface area contributed by atoms with Crippen LogP contribution in [-0.4, -0.2) is 11.9 Å². The van der Waals surface area contributed by atoms with E-state index in [2.05, 4.69) is 21.2 Å². The van der Waals surface area contributed by atoms with Crippen molar-refractivity contribution in [1.82, 2.24) is 0 Å². The summed E-state index contributed by atoms with van der Waals surface area (Å²) < 4.78 is 38.6. The van der Waals surface area contributed by atoms with Gasteiger partial charge in [-0.2, -0.15) is 13.2 Å². The van der Waals surface area contributed by atoms with Crippen LogP contribution in [0.3, 0.4) is 0 Å². The number of hydrogen-bond donors (Lipinski definition) is 2. The molecule has 0 saturated heterocycles. The fourth-order valence-corrected chi connectivity index (χ4v) is 1.63. The highest BCUT2D eigenvalue weighted by molar-refractivity contribution is 9.10. The number of nitrogens with one attached hydrogen (secondary N) is 1. The number of anilines is 1. The number of hydrogen-bond acceptors (Lipinski definition) is 2. The number of alkyl halides is 3. The van der Waals surface area contributed by atoms with Crippen molar-refractivity contribution in [2.24, 2.45) is 5.73 Å². The fourth-order valence-electron chi connectivity index (χ4n) is 1.27. The second kappa shape index (κ2) is 5.71. The molecule has 0 radical (unpaired) electrons. The summed E-state index contributed by atoms with van der Waals surface area (Å²) in [6, 6.07) is 2.69. The SMILES string of the molecule is CC[C@H](N)C(=O)Nc1ccc(Br)cc1C(F)(F)F. The lowest BCUT2D eigenvalue weighted by atomic mass is 10.1. The Morgan fingerprint density at radius 1 is 1.50 bits per heavy atom. The molecule has 1 aromatic carbocycles. The van der Waals surface area contributed by atoms with Crippen molar-refractivity contribution < 1.29 is 18.0 Å². The van der Waals surface area contributed by atoms with E-state index in [1.165, 1.54) is 12.1 Å². The quantitative estimate of drug-likeness (QED) is 0.897. The van der Waals surface area contributed by atoms with Gasteiger partial charge in [-0.3, -0.25) is 4.79 Å². The number of carbonyl (C=O) groups is 1. The lowest BCUT2D eigenvalue weighted by Gasteiger charge is -2.16. The van der Waals surface area contributed by atoms with Crippen LogP contribution in [0.2, 0.25) is 0 Å². The van der Waals surface area contributed by atoms with Gasteiger partial charge in [0.1, 0.15) is 0 Å². The molecule has 0 unspecified atom stereocenters. The van der Waals surface area contributed by atoms with Gasteiger partial charge in [-0.25, -0.2) is 0 Å². The summed E-state index contributed by atoms with van der Waals surface area (Å²) in [5.74, 6) is -0.634. The summed E-state index contributed by atoms with van der Waals surface area (Å²) in [6.45, 7) is 1.68. The third-order valence-corrected chi connectivity index (χ3v) is 2.81. The Morgan fingerprint density at radius 3 is 2.61 bits per heavy atom. The molecule has 7 heteroatoms. The minimum atomic E-state index is -4.54. The van der Waals surface area contributed by atoms with Crippen molar-refractivity contribution in [3.05, 3.63) is 28.2 Å². The predicted molar refractivity (Wildman–Crippen MR) is 66.0 cm³/mol. The first-order valence-electron chi connectivity index (χ1n) is 5.19. The Bertz CT molecular complexity index is 448. The lowest BCUT2D eigenvalue weighted by molar-refractivity contribution is -0.137. The van der Waals surface area contributed by atoms with Crippen molar-refractivity contribution in [3.8, 4) is 0 Å². The van der Waals surface area contributed by atoms with Gasteiger partial charge in [-0.15, -0.1) is 0 Å². The molecule has 18 heavy (non-hydrogen) atoms. The molecule has 0 saturated carbocycles. The van der Waals surface area contributed by atoms with Crippen LogP contribution >= 0.6 is 15.9 Å². The highest BCUT2D eigenvalue weighted by atomic mass is 79.9. The summed E-state index contributed by atoms with van der Waals surface area (Å²) in [7, 11) is 0. The van der Waals surface area contributed by atoms with E-state index in [4.69, 9.17) is 5.73 Å². The van der Waals surface area contributed by atoms with Crippen molar-refractivity contribution in [1.29, 1.82) is 0 Å². The molecule has 0 aliphatic heterocycles. The number of amides is 1. The first-order chi connectivity index (χ1) is 8.25. The minimum absolute atomic E-state index is 0.285. The van der Waals surface area contributed by atoms with Crippen LogP contribution in [0.4, 0.5) is 18.9 Å². The summed E-state index contributed by atoms with van der Waals surface area (Å²) >= 11 is 2.96. The molecule has 3 N–H and O–H groups in total. The predicted octanol–water partition coefficient (Wildman–Crippen LogP) is 3.14. The van der Waals surface area contributed by atoms with E-state index in [-0.39, 0.29) is 10.2 Å². The standard InChI is InChI=1S/C11H12BrF3N2O/c1-2-8(16)10(18)17-9-4-3-6(12)5-7(9)11(13,14)15/h3-5,8H,2,16H2,1H3,(H,17,18)/t8-/m0/s1. The maximum Gasteiger partial charge on any atom is 0.418 e. The summed E-state index contributed by atoms with van der Waals surface area (Å²) in [4.78, 5) is 11.5. The summed E-state index contributed by atoms with van der Waals surface area (Å²) in [5, 5.41) is 2.19. The van der Waals surface area contributed by atoms with E-state index in [1.807, 2.05) is 0 Å². The van der Waals surface area contributed by atoms with Crippen LogP contribution in [0, 0.1) is 0 Å². The van der Waals surface area contributed by atoms with Crippen LogP contribution in [0.5, 0.6) is 0 Å². The highest BCUT2D eigenvalue weighted by Crippen LogP contribution is 2.36. The van der Waals surface area contributed by atoms with Crippen LogP contribution in [0.1, 0.15) is 18.9 Å². The molecular weight excluding hydrogens is 313 g/mol. The van der Waals surface area contributed by atoms with Crippen LogP contribution < -0.4 is 11.1 Å². The van der Waals surface area contributed by atoms with Gasteiger partial charge in [0.15, 0.2) is 0 Å². The summed E-state index contributed by atoms with van der Waals surface area (Å²) in [5.41, 5.74) is 4.25. The van der Waals surface area contributed by atoms with Gasteiger partial charge in [0.05, 0.1) is 17.3 Å². The second-order valence-corrected chi connectivity index (χ2v) is 4.61. The molecule has 1 rings (SSSR count). The first kappa shape index (κ1) is 15.0. The molecule has 0 aliphatic carbocycles. The smallest absolute Gasteiger partial charge is 0.324 e. The number of benzene rings is 1. The highest BCUT2D eigenvalue weighted by Gasteiger charge is 2.34. The van der Waals surface area contributed by atoms with Gasteiger partial charge in [-0.05, 0) is 24.6 Å². The maximum atomic E-state index is 12.8. The largest absolute Gasteiger partial charge is 0.418 e. The van der Waals surface area contributed by atoms with Crippen LogP contribution in [0.15, 0.2) is 22.7 Å². The van der Waals surface area contributed by atoms with Gasteiger partial charge in [0.25, 0.3) is 0 Å². The topological polar surface area (TPSA) is 55.1 Å². The van der Waals surface area contributed by atoms with Crippen molar-refractivity contribution in [2.45, 2.75) is 25.6 Å². The van der Waals surface area contributed by atoms with Gasteiger partial charge >= 0.3 is 6.18 Å². The van der Waals surface area contributed by atoms with Gasteiger partial charge in [0, 0.05) is 4.47 Å². The number of carbonyl (C=O) groups excluding carboxylic acids is 1. The van der Waals surface area contributed by atoms with E-state index in [0.29, 0.717) is 6.42 Å². The molecule has 1 amide bonds. The second-order valence-electron chi connectivity index (χ2n) is 3.69. The molecule has 0 fully saturated rings. The van der Waals surface area contributed by atoms with E-state index in [1.54, 1.807) is 6.92 Å². The Hall–Kier alpha value is -1.08. The third kappa shape index (κ3) is 3.71. The molecule has 3 nitrogen and oxygen atoms in total. The number of halogens is 4. The monoisotopic (exact) mass is 324 g/mol. The Labute approximate surface area is 111 Å². The molecule has 1 atom stereocenters. The zero-order valence-corrected chi connectivity index (χ0v) is 11.1. The zero-order valence-electron chi connectivity index (χ0n) is 9.51. The van der Waals surface area contributed by atoms with Gasteiger partial charge in [0.2, 0.25) is 5.91 Å². The van der Waals surface area contributed by atoms with E-state index >= 15 is 0 Å². The maximum absolute atomic E-state index is 12.8. The Balaban J connectivity index is 3.06. The Morgan fingerprint density at radius 2 is 2.11 bits per heavy atom. The average molecular weight is 325 g/mol. The molecule has 0 heterocycles. The van der Waals surface area contributed by atoms with Crippen molar-refractivity contribution in [2.75, 3.05) is 5.32 Å². The Kier molecular flexibility index (Phi) is 4.75.